The highest BCUT2D eigenvalue weighted by atomic mass is 35.5. The molecule has 0 spiro atoms. The van der Waals surface area contributed by atoms with Crippen LogP contribution >= 0.6 is 11.6 Å². The number of aryl methyl sites for hydroxylation is 1. The van der Waals surface area contributed by atoms with E-state index in [0.29, 0.717) is 24.0 Å². The minimum Gasteiger partial charge on any atom is -0.344 e. The second-order valence-corrected chi connectivity index (χ2v) is 6.78. The normalized spacial score (nSPS) is 18.4. The van der Waals surface area contributed by atoms with E-state index in [1.807, 2.05) is 17.9 Å². The van der Waals surface area contributed by atoms with Gasteiger partial charge in [-0.3, -0.25) is 4.79 Å². The molecule has 128 valence electrons. The lowest BCUT2D eigenvalue weighted by molar-refractivity contribution is -0.131. The molecule has 2 heterocycles. The van der Waals surface area contributed by atoms with Crippen molar-refractivity contribution in [2.24, 2.45) is 0 Å². The number of benzene rings is 1. The van der Waals surface area contributed by atoms with Crippen molar-refractivity contribution >= 4 is 17.5 Å². The fourth-order valence-corrected chi connectivity index (χ4v) is 3.70. The van der Waals surface area contributed by atoms with E-state index in [2.05, 4.69) is 29.4 Å². The Morgan fingerprint density at radius 2 is 2.08 bits per heavy atom. The first-order valence-electron chi connectivity index (χ1n) is 8.58. The maximum atomic E-state index is 12.5. The lowest BCUT2D eigenvalue weighted by Crippen LogP contribution is -2.32. The Morgan fingerprint density at radius 3 is 2.79 bits per heavy atom. The van der Waals surface area contributed by atoms with Crippen LogP contribution in [-0.2, 0) is 11.2 Å². The molecule has 0 bridgehead atoms. The van der Waals surface area contributed by atoms with Crippen LogP contribution in [-0.4, -0.2) is 29.1 Å². The molecule has 1 aromatic carbocycles. The second kappa shape index (κ2) is 7.84. The lowest BCUT2D eigenvalue weighted by atomic mass is 9.92. The first-order chi connectivity index (χ1) is 11.6. The van der Waals surface area contributed by atoms with Gasteiger partial charge in [-0.05, 0) is 55.7 Å². The molecule has 0 saturated carbocycles. The van der Waals surface area contributed by atoms with Gasteiger partial charge in [0.05, 0.1) is 5.69 Å². The van der Waals surface area contributed by atoms with E-state index in [9.17, 15) is 4.79 Å². The zero-order chi connectivity index (χ0) is 16.9. The van der Waals surface area contributed by atoms with E-state index in [4.69, 9.17) is 16.1 Å². The van der Waals surface area contributed by atoms with Gasteiger partial charge in [-0.2, -0.15) is 0 Å². The fourth-order valence-electron chi connectivity index (χ4n) is 3.43. The van der Waals surface area contributed by atoms with Crippen LogP contribution in [0.5, 0.6) is 0 Å². The maximum absolute atomic E-state index is 12.5. The Kier molecular flexibility index (Phi) is 5.56. The Bertz CT molecular complexity index is 664. The van der Waals surface area contributed by atoms with Crippen molar-refractivity contribution in [3.05, 3.63) is 52.4 Å². The van der Waals surface area contributed by atoms with Gasteiger partial charge >= 0.3 is 0 Å². The van der Waals surface area contributed by atoms with Crippen molar-refractivity contribution in [3.8, 4) is 0 Å². The minimum atomic E-state index is 0.195. The Hall–Kier alpha value is -1.81. The van der Waals surface area contributed by atoms with Crippen molar-refractivity contribution in [3.63, 3.8) is 0 Å². The first kappa shape index (κ1) is 17.0. The van der Waals surface area contributed by atoms with Crippen molar-refractivity contribution in [1.29, 1.82) is 0 Å². The van der Waals surface area contributed by atoms with Crippen LogP contribution in [0.4, 0.5) is 0 Å². The summed E-state index contributed by atoms with van der Waals surface area (Å²) in [6, 6.07) is 10.6. The molecule has 5 heteroatoms. The SMILES string of the molecule is Cc1noc(Cl)c1CCC(=O)N1CCCC(c2ccccc2)CC1. The zero-order valence-electron chi connectivity index (χ0n) is 14.0. The van der Waals surface area contributed by atoms with E-state index >= 15 is 0 Å². The summed E-state index contributed by atoms with van der Waals surface area (Å²) in [6.07, 6.45) is 4.27. The number of hydrogen-bond acceptors (Lipinski definition) is 3. The van der Waals surface area contributed by atoms with E-state index in [0.717, 1.165) is 43.6 Å². The number of carbonyl (C=O) groups is 1. The number of halogens is 1. The molecule has 3 rings (SSSR count). The van der Waals surface area contributed by atoms with Gasteiger partial charge in [0.15, 0.2) is 0 Å². The molecule has 0 N–H and O–H groups in total. The van der Waals surface area contributed by atoms with E-state index in [1.54, 1.807) is 0 Å². The van der Waals surface area contributed by atoms with Crippen LogP contribution in [0.15, 0.2) is 34.9 Å². The summed E-state index contributed by atoms with van der Waals surface area (Å²) in [6.45, 7) is 3.53. The molecular formula is C19H23ClN2O2. The third-order valence-electron chi connectivity index (χ3n) is 4.88. The maximum Gasteiger partial charge on any atom is 0.229 e. The standard InChI is InChI=1S/C19H23ClN2O2/c1-14-17(19(20)24-21-14)9-10-18(23)22-12-5-8-16(11-13-22)15-6-3-2-4-7-15/h2-4,6-7,16H,5,8-13H2,1H3. The molecule has 0 radical (unpaired) electrons. The molecule has 4 nitrogen and oxygen atoms in total. The third kappa shape index (κ3) is 3.99. The number of aromatic nitrogens is 1. The van der Waals surface area contributed by atoms with Gasteiger partial charge in [-0.1, -0.05) is 35.5 Å². The second-order valence-electron chi connectivity index (χ2n) is 6.44. The molecule has 1 atom stereocenters. The van der Waals surface area contributed by atoms with Gasteiger partial charge in [-0.15, -0.1) is 0 Å². The Morgan fingerprint density at radius 1 is 1.29 bits per heavy atom. The average molecular weight is 347 g/mol. The number of carbonyl (C=O) groups excluding carboxylic acids is 1. The van der Waals surface area contributed by atoms with Gasteiger partial charge in [0.1, 0.15) is 0 Å². The van der Waals surface area contributed by atoms with Crippen molar-refractivity contribution in [1.82, 2.24) is 10.1 Å². The van der Waals surface area contributed by atoms with Crippen molar-refractivity contribution < 1.29 is 9.32 Å². The molecule has 0 aliphatic carbocycles. The van der Waals surface area contributed by atoms with Gasteiger partial charge in [0.25, 0.3) is 0 Å². The summed E-state index contributed by atoms with van der Waals surface area (Å²) in [4.78, 5) is 14.5. The van der Waals surface area contributed by atoms with E-state index in [1.165, 1.54) is 5.56 Å². The summed E-state index contributed by atoms with van der Waals surface area (Å²) in [5.74, 6) is 0.749. The first-order valence-corrected chi connectivity index (χ1v) is 8.96. The number of hydrogen-bond donors (Lipinski definition) is 0. The molecule has 1 aliphatic heterocycles. The molecule has 1 saturated heterocycles. The average Bonchev–Trinajstić information content (AvgIpc) is 2.81. The largest absolute Gasteiger partial charge is 0.344 e. The van der Waals surface area contributed by atoms with Crippen LogP contribution in [0.25, 0.3) is 0 Å². The number of likely N-dealkylation sites (tertiary alicyclic amines) is 1. The van der Waals surface area contributed by atoms with Gasteiger partial charge in [-0.25, -0.2) is 0 Å². The summed E-state index contributed by atoms with van der Waals surface area (Å²) in [7, 11) is 0. The summed E-state index contributed by atoms with van der Waals surface area (Å²) >= 11 is 5.97. The van der Waals surface area contributed by atoms with E-state index < -0.39 is 0 Å². The summed E-state index contributed by atoms with van der Waals surface area (Å²) in [5, 5.41) is 4.14. The van der Waals surface area contributed by atoms with Crippen LogP contribution < -0.4 is 0 Å². The molecule has 1 aliphatic rings. The lowest BCUT2D eigenvalue weighted by Gasteiger charge is -2.20. The predicted octanol–water partition coefficient (Wildman–Crippen LogP) is 4.37. The molecule has 1 amide bonds. The van der Waals surface area contributed by atoms with Crippen LogP contribution in [0.1, 0.15) is 48.4 Å². The number of amides is 1. The fraction of sp³-hybridized carbons (Fsp3) is 0.474. The smallest absolute Gasteiger partial charge is 0.229 e. The molecule has 24 heavy (non-hydrogen) atoms. The molecule has 1 fully saturated rings. The van der Waals surface area contributed by atoms with Crippen LogP contribution in [0, 0.1) is 6.92 Å². The quantitative estimate of drug-likeness (QED) is 0.826. The van der Waals surface area contributed by atoms with E-state index in [-0.39, 0.29) is 5.91 Å². The molecule has 1 aromatic heterocycles. The Labute approximate surface area is 147 Å². The van der Waals surface area contributed by atoms with Gasteiger partial charge < -0.3 is 9.42 Å². The zero-order valence-corrected chi connectivity index (χ0v) is 14.8. The van der Waals surface area contributed by atoms with Crippen LogP contribution in [0.2, 0.25) is 5.22 Å². The topological polar surface area (TPSA) is 46.3 Å². The molecule has 2 aromatic rings. The molecular weight excluding hydrogens is 324 g/mol. The van der Waals surface area contributed by atoms with Crippen LogP contribution in [0.3, 0.4) is 0 Å². The third-order valence-corrected chi connectivity index (χ3v) is 5.17. The summed E-state index contributed by atoms with van der Waals surface area (Å²) in [5.41, 5.74) is 3.01. The summed E-state index contributed by atoms with van der Waals surface area (Å²) < 4.78 is 4.95. The number of rotatable bonds is 4. The minimum absolute atomic E-state index is 0.195. The van der Waals surface area contributed by atoms with Gasteiger partial charge in [0.2, 0.25) is 11.1 Å². The monoisotopic (exact) mass is 346 g/mol. The Balaban J connectivity index is 1.55. The van der Waals surface area contributed by atoms with Gasteiger partial charge in [0, 0.05) is 25.1 Å². The highest BCUT2D eigenvalue weighted by molar-refractivity contribution is 6.29. The highest BCUT2D eigenvalue weighted by Gasteiger charge is 2.22. The molecule has 1 unspecified atom stereocenters. The highest BCUT2D eigenvalue weighted by Crippen LogP contribution is 2.28. The van der Waals surface area contributed by atoms with Crippen molar-refractivity contribution in [2.45, 2.75) is 44.9 Å². The van der Waals surface area contributed by atoms with Crippen molar-refractivity contribution in [2.75, 3.05) is 13.1 Å². The number of nitrogens with zero attached hydrogens (tertiary/aromatic N) is 2. The predicted molar refractivity (Wildman–Crippen MR) is 94.2 cm³/mol.